The van der Waals surface area contributed by atoms with E-state index in [2.05, 4.69) is 35.7 Å². The number of carbonyl (C=O) groups excluding carboxylic acids is 1. The third-order valence-corrected chi connectivity index (χ3v) is 5.89. The second-order valence-corrected chi connectivity index (χ2v) is 8.51. The molecule has 3 rings (SSSR count). The van der Waals surface area contributed by atoms with E-state index in [0.29, 0.717) is 11.1 Å². The summed E-state index contributed by atoms with van der Waals surface area (Å²) in [5.41, 5.74) is 4.76. The molecule has 30 heavy (non-hydrogen) atoms. The summed E-state index contributed by atoms with van der Waals surface area (Å²) in [4.78, 5) is 17.3. The van der Waals surface area contributed by atoms with Crippen LogP contribution in [0.25, 0.3) is 0 Å². The first-order valence-corrected chi connectivity index (χ1v) is 11.2. The minimum Gasteiger partial charge on any atom is -0.348 e. The number of hydrogen-bond acceptors (Lipinski definition) is 4. The van der Waals surface area contributed by atoms with Gasteiger partial charge < -0.3 is 10.0 Å². The van der Waals surface area contributed by atoms with E-state index in [1.54, 1.807) is 12.1 Å². The van der Waals surface area contributed by atoms with Crippen LogP contribution in [0.4, 0.5) is 10.1 Å². The molecule has 2 aliphatic rings. The van der Waals surface area contributed by atoms with Crippen molar-refractivity contribution in [1.29, 1.82) is 0 Å². The van der Waals surface area contributed by atoms with Crippen LogP contribution in [0.15, 0.2) is 65.4 Å². The lowest BCUT2D eigenvalue weighted by Crippen LogP contribution is -2.24. The zero-order valence-corrected chi connectivity index (χ0v) is 18.5. The minimum absolute atomic E-state index is 0.107. The molecule has 0 radical (unpaired) electrons. The van der Waals surface area contributed by atoms with Crippen LogP contribution in [-0.4, -0.2) is 17.9 Å². The molecule has 1 fully saturated rings. The molecule has 1 aromatic carbocycles. The highest BCUT2D eigenvalue weighted by Crippen LogP contribution is 2.47. The molecule has 1 aliphatic heterocycles. The van der Waals surface area contributed by atoms with Gasteiger partial charge in [-0.25, -0.2) is 4.39 Å². The molecule has 1 aromatic rings. The zero-order valence-electron chi connectivity index (χ0n) is 17.7. The highest BCUT2D eigenvalue weighted by molar-refractivity contribution is 7.99. The molecule has 158 valence electrons. The Bertz CT molecular complexity index is 971. The largest absolute Gasteiger partial charge is 0.348 e. The van der Waals surface area contributed by atoms with Crippen LogP contribution < -0.4 is 10.0 Å². The first kappa shape index (κ1) is 22.1. The molecular formula is C24H28FN3OS. The lowest BCUT2D eigenvalue weighted by atomic mass is 9.99. The standard InChI is InChI=1S/C24H28FN3OS/c1-5-17(9-10-19-7-6-8-22(27-19)24(3)11-12-24)23(29)26-15-18-13-16(2)21(28-30-4)14-20(18)25/h5-6,8-10,13-14,28H,1,7,11-12,15H2,2-4H3,(H,26,29)/b17-9+,19-10+. The summed E-state index contributed by atoms with van der Waals surface area (Å²) < 4.78 is 17.4. The molecule has 0 bridgehead atoms. The Labute approximate surface area is 182 Å². The summed E-state index contributed by atoms with van der Waals surface area (Å²) in [6.07, 6.45) is 14.3. The predicted octanol–water partition coefficient (Wildman–Crippen LogP) is 5.64. The van der Waals surface area contributed by atoms with Crippen LogP contribution in [0.1, 0.15) is 37.3 Å². The summed E-state index contributed by atoms with van der Waals surface area (Å²) in [5, 5.41) is 2.78. The Balaban J connectivity index is 1.67. The molecule has 1 aliphatic carbocycles. The number of anilines is 1. The summed E-state index contributed by atoms with van der Waals surface area (Å²) in [7, 11) is 0. The van der Waals surface area contributed by atoms with Gasteiger partial charge in [-0.2, -0.15) is 0 Å². The highest BCUT2D eigenvalue weighted by atomic mass is 32.2. The van der Waals surface area contributed by atoms with Crippen molar-refractivity contribution < 1.29 is 9.18 Å². The van der Waals surface area contributed by atoms with Gasteiger partial charge in [0.25, 0.3) is 5.91 Å². The highest BCUT2D eigenvalue weighted by Gasteiger charge is 2.41. The van der Waals surface area contributed by atoms with E-state index in [1.807, 2.05) is 19.3 Å². The SMILES string of the molecule is C=C/C(=C\C=C1/CC=CC(C2(C)CC2)=N1)C(=O)NCc1cc(C)c(NSC)cc1F. The second-order valence-electron chi connectivity index (χ2n) is 7.90. The lowest BCUT2D eigenvalue weighted by molar-refractivity contribution is -0.117. The normalized spacial score (nSPS) is 18.7. The number of carbonyl (C=O) groups is 1. The number of nitrogens with zero attached hydrogens (tertiary/aromatic N) is 1. The van der Waals surface area contributed by atoms with Gasteiger partial charge in [-0.3, -0.25) is 9.79 Å². The number of nitrogens with one attached hydrogen (secondary N) is 2. The number of aryl methyl sites for hydroxylation is 1. The maximum absolute atomic E-state index is 14.3. The maximum atomic E-state index is 14.3. The zero-order chi connectivity index (χ0) is 21.7. The van der Waals surface area contributed by atoms with Gasteiger partial charge in [-0.15, -0.1) is 0 Å². The fourth-order valence-electron chi connectivity index (χ4n) is 3.21. The third kappa shape index (κ3) is 5.30. The molecule has 0 spiro atoms. The molecule has 0 unspecified atom stereocenters. The van der Waals surface area contributed by atoms with E-state index in [0.717, 1.165) is 29.1 Å². The van der Waals surface area contributed by atoms with Gasteiger partial charge >= 0.3 is 0 Å². The molecule has 6 heteroatoms. The fraction of sp³-hybridized carbons (Fsp3) is 0.333. The van der Waals surface area contributed by atoms with Crippen molar-refractivity contribution in [2.75, 3.05) is 11.0 Å². The smallest absolute Gasteiger partial charge is 0.251 e. The van der Waals surface area contributed by atoms with Crippen LogP contribution in [0.3, 0.4) is 0 Å². The van der Waals surface area contributed by atoms with E-state index >= 15 is 0 Å². The molecule has 0 aromatic heterocycles. The van der Waals surface area contributed by atoms with Crippen molar-refractivity contribution in [2.45, 2.75) is 39.7 Å². The van der Waals surface area contributed by atoms with Crippen LogP contribution in [0, 0.1) is 18.2 Å². The summed E-state index contributed by atoms with van der Waals surface area (Å²) in [6, 6.07) is 3.20. The Morgan fingerprint density at radius 3 is 2.83 bits per heavy atom. The Morgan fingerprint density at radius 1 is 1.40 bits per heavy atom. The van der Waals surface area contributed by atoms with Crippen molar-refractivity contribution in [3.05, 3.63) is 77.3 Å². The van der Waals surface area contributed by atoms with Gasteiger partial charge in [0.2, 0.25) is 0 Å². The Kier molecular flexibility index (Phi) is 6.98. The summed E-state index contributed by atoms with van der Waals surface area (Å²) in [6.45, 7) is 7.97. The van der Waals surface area contributed by atoms with E-state index in [9.17, 15) is 9.18 Å². The van der Waals surface area contributed by atoms with Crippen LogP contribution in [-0.2, 0) is 11.3 Å². The van der Waals surface area contributed by atoms with Crippen molar-refractivity contribution in [1.82, 2.24) is 5.32 Å². The fourth-order valence-corrected chi connectivity index (χ4v) is 3.65. The maximum Gasteiger partial charge on any atom is 0.251 e. The quantitative estimate of drug-likeness (QED) is 0.322. The van der Waals surface area contributed by atoms with Gasteiger partial charge in [0.05, 0.1) is 0 Å². The number of benzene rings is 1. The van der Waals surface area contributed by atoms with Crippen molar-refractivity contribution >= 4 is 29.3 Å². The Hall–Kier alpha value is -2.60. The van der Waals surface area contributed by atoms with Gasteiger partial charge in [0, 0.05) is 52.9 Å². The molecule has 0 saturated heterocycles. The number of allylic oxidation sites excluding steroid dienone is 4. The average molecular weight is 426 g/mol. The molecule has 1 amide bonds. The monoisotopic (exact) mass is 425 g/mol. The first-order chi connectivity index (χ1) is 14.4. The van der Waals surface area contributed by atoms with Crippen molar-refractivity contribution in [3.63, 3.8) is 0 Å². The molecule has 1 heterocycles. The minimum atomic E-state index is -0.354. The summed E-state index contributed by atoms with van der Waals surface area (Å²) in [5.74, 6) is -0.650. The Morgan fingerprint density at radius 2 is 2.17 bits per heavy atom. The van der Waals surface area contributed by atoms with E-state index in [-0.39, 0.29) is 23.7 Å². The summed E-state index contributed by atoms with van der Waals surface area (Å²) >= 11 is 1.41. The first-order valence-electron chi connectivity index (χ1n) is 10.0. The van der Waals surface area contributed by atoms with Crippen LogP contribution in [0.5, 0.6) is 0 Å². The number of rotatable bonds is 8. The predicted molar refractivity (Wildman–Crippen MR) is 125 cm³/mol. The van der Waals surface area contributed by atoms with Crippen LogP contribution >= 0.6 is 11.9 Å². The molecule has 2 N–H and O–H groups in total. The van der Waals surface area contributed by atoms with E-state index in [1.165, 1.54) is 36.9 Å². The van der Waals surface area contributed by atoms with E-state index < -0.39 is 0 Å². The average Bonchev–Trinajstić information content (AvgIpc) is 3.49. The molecule has 1 saturated carbocycles. The van der Waals surface area contributed by atoms with Gasteiger partial charge in [0.1, 0.15) is 5.82 Å². The number of amides is 1. The van der Waals surface area contributed by atoms with Crippen LogP contribution in [0.2, 0.25) is 0 Å². The molecule has 4 nitrogen and oxygen atoms in total. The number of aliphatic imine (C=N–C) groups is 1. The third-order valence-electron chi connectivity index (χ3n) is 5.47. The van der Waals surface area contributed by atoms with Gasteiger partial charge in [-0.05, 0) is 55.7 Å². The second kappa shape index (κ2) is 9.47. The van der Waals surface area contributed by atoms with Crippen molar-refractivity contribution in [3.8, 4) is 0 Å². The topological polar surface area (TPSA) is 53.5 Å². The van der Waals surface area contributed by atoms with Gasteiger partial charge in [-0.1, -0.05) is 37.6 Å². The number of hydrogen-bond donors (Lipinski definition) is 2. The lowest BCUT2D eigenvalue weighted by Gasteiger charge is -2.13. The number of dihydropyridines is 1. The van der Waals surface area contributed by atoms with Crippen molar-refractivity contribution in [2.24, 2.45) is 10.4 Å². The molecule has 0 atom stereocenters. The van der Waals surface area contributed by atoms with Gasteiger partial charge in [0.15, 0.2) is 0 Å². The molecular weight excluding hydrogens is 397 g/mol. The number of halogens is 1. The van der Waals surface area contributed by atoms with E-state index in [4.69, 9.17) is 4.99 Å².